The lowest BCUT2D eigenvalue weighted by molar-refractivity contribution is -0.139. The summed E-state index contributed by atoms with van der Waals surface area (Å²) >= 11 is 0. The van der Waals surface area contributed by atoms with Crippen molar-refractivity contribution in [3.8, 4) is 0 Å². The first-order valence-corrected chi connectivity index (χ1v) is 7.91. The summed E-state index contributed by atoms with van der Waals surface area (Å²) in [5, 5.41) is 1.92. The van der Waals surface area contributed by atoms with Crippen LogP contribution in [0.2, 0.25) is 0 Å². The van der Waals surface area contributed by atoms with Crippen LogP contribution in [0.15, 0.2) is 24.3 Å². The van der Waals surface area contributed by atoms with E-state index in [4.69, 9.17) is 0 Å². The van der Waals surface area contributed by atoms with Gasteiger partial charge in [0, 0.05) is 12.5 Å². The number of benzene rings is 1. The highest BCUT2D eigenvalue weighted by Crippen LogP contribution is 2.26. The number of aromatic amines is 1. The third kappa shape index (κ3) is 4.25. The molecule has 1 atom stereocenters. The number of hydrogen-bond donors (Lipinski definition) is 2. The molecule has 1 amide bonds. The lowest BCUT2D eigenvalue weighted by Gasteiger charge is -2.31. The molecule has 1 fully saturated rings. The molecule has 0 unspecified atom stereocenters. The van der Waals surface area contributed by atoms with Crippen molar-refractivity contribution in [1.82, 2.24) is 20.2 Å². The zero-order valence-electron chi connectivity index (χ0n) is 13.1. The van der Waals surface area contributed by atoms with Crippen LogP contribution < -0.4 is 5.32 Å². The molecule has 0 saturated carbocycles. The summed E-state index contributed by atoms with van der Waals surface area (Å²) in [5.74, 6) is 0.427. The molecule has 0 radical (unpaired) electrons. The number of carbonyl (C=O) groups is 1. The number of hydrogen-bond acceptors (Lipinski definition) is 3. The highest BCUT2D eigenvalue weighted by Gasteiger charge is 2.29. The van der Waals surface area contributed by atoms with Gasteiger partial charge in [0.1, 0.15) is 12.4 Å². The Morgan fingerprint density at radius 3 is 2.92 bits per heavy atom. The Kier molecular flexibility index (Phi) is 4.75. The quantitative estimate of drug-likeness (QED) is 0.899. The van der Waals surface area contributed by atoms with Crippen LogP contribution in [0.4, 0.5) is 13.2 Å². The number of nitrogens with one attached hydrogen (secondary N) is 2. The van der Waals surface area contributed by atoms with Gasteiger partial charge in [-0.15, -0.1) is 0 Å². The average molecular weight is 340 g/mol. The predicted octanol–water partition coefficient (Wildman–Crippen LogP) is 2.42. The molecule has 0 aliphatic carbocycles. The fourth-order valence-electron chi connectivity index (χ4n) is 3.05. The second-order valence-corrected chi connectivity index (χ2v) is 6.11. The first kappa shape index (κ1) is 16.8. The average Bonchev–Trinajstić information content (AvgIpc) is 2.97. The summed E-state index contributed by atoms with van der Waals surface area (Å²) in [7, 11) is 0. The van der Waals surface area contributed by atoms with Crippen LogP contribution in [-0.2, 0) is 4.79 Å². The first-order valence-electron chi connectivity index (χ1n) is 7.91. The molecule has 130 valence electrons. The van der Waals surface area contributed by atoms with Crippen LogP contribution in [0.3, 0.4) is 0 Å². The molecule has 1 aromatic carbocycles. The molecular formula is C16H19F3N4O. The smallest absolute Gasteiger partial charge is 0.346 e. The largest absolute Gasteiger partial charge is 0.405 e. The summed E-state index contributed by atoms with van der Waals surface area (Å²) in [4.78, 5) is 21.4. The number of carbonyl (C=O) groups excluding carboxylic acids is 1. The van der Waals surface area contributed by atoms with E-state index < -0.39 is 18.6 Å². The molecule has 1 saturated heterocycles. The van der Waals surface area contributed by atoms with E-state index in [-0.39, 0.29) is 12.5 Å². The van der Waals surface area contributed by atoms with Crippen molar-refractivity contribution >= 4 is 16.9 Å². The number of likely N-dealkylation sites (tertiary alicyclic amines) is 1. The van der Waals surface area contributed by atoms with Crippen LogP contribution in [0, 0.1) is 0 Å². The molecule has 5 nitrogen and oxygen atoms in total. The molecule has 3 rings (SSSR count). The second-order valence-electron chi connectivity index (χ2n) is 6.11. The maximum absolute atomic E-state index is 12.1. The Morgan fingerprint density at radius 1 is 1.38 bits per heavy atom. The van der Waals surface area contributed by atoms with Crippen LogP contribution in [0.1, 0.15) is 24.6 Å². The highest BCUT2D eigenvalue weighted by atomic mass is 19.4. The molecular weight excluding hydrogens is 321 g/mol. The van der Waals surface area contributed by atoms with Gasteiger partial charge in [0.2, 0.25) is 5.91 Å². The summed E-state index contributed by atoms with van der Waals surface area (Å²) in [5.41, 5.74) is 1.86. The molecule has 0 spiro atoms. The Bertz CT molecular complexity index is 680. The van der Waals surface area contributed by atoms with Crippen molar-refractivity contribution in [3.05, 3.63) is 30.1 Å². The van der Waals surface area contributed by atoms with E-state index in [0.717, 1.165) is 29.7 Å². The van der Waals surface area contributed by atoms with Crippen molar-refractivity contribution in [3.63, 3.8) is 0 Å². The van der Waals surface area contributed by atoms with Crippen molar-refractivity contribution < 1.29 is 18.0 Å². The Morgan fingerprint density at radius 2 is 2.17 bits per heavy atom. The lowest BCUT2D eigenvalue weighted by Crippen LogP contribution is -2.44. The minimum absolute atomic E-state index is 0.0210. The second kappa shape index (κ2) is 6.80. The molecule has 2 aromatic rings. The number of nitrogens with zero attached hydrogens (tertiary/aromatic N) is 2. The zero-order chi connectivity index (χ0) is 17.2. The maximum atomic E-state index is 12.1. The zero-order valence-corrected chi connectivity index (χ0v) is 13.1. The van der Waals surface area contributed by atoms with Crippen molar-refractivity contribution in [2.24, 2.45) is 0 Å². The highest BCUT2D eigenvalue weighted by molar-refractivity contribution is 5.78. The Balaban J connectivity index is 1.59. The molecule has 24 heavy (non-hydrogen) atoms. The molecule has 2 N–H and O–H groups in total. The van der Waals surface area contributed by atoms with Gasteiger partial charge in [0.05, 0.1) is 17.6 Å². The van der Waals surface area contributed by atoms with Gasteiger partial charge in [-0.05, 0) is 31.5 Å². The van der Waals surface area contributed by atoms with Gasteiger partial charge in [-0.2, -0.15) is 13.2 Å². The maximum Gasteiger partial charge on any atom is 0.405 e. The number of fused-ring (bicyclic) bond motifs is 1. The number of imidazole rings is 1. The number of piperidine rings is 1. The summed E-state index contributed by atoms with van der Waals surface area (Å²) in [6, 6.07) is 7.74. The number of aromatic nitrogens is 2. The third-order valence-electron chi connectivity index (χ3n) is 4.15. The van der Waals surface area contributed by atoms with Gasteiger partial charge in [-0.1, -0.05) is 12.1 Å². The fourth-order valence-corrected chi connectivity index (χ4v) is 3.05. The molecule has 1 aliphatic rings. The Labute approximate surface area is 137 Å². The van der Waals surface area contributed by atoms with E-state index in [0.29, 0.717) is 13.1 Å². The minimum Gasteiger partial charge on any atom is -0.346 e. The monoisotopic (exact) mass is 340 g/mol. The first-order chi connectivity index (χ1) is 11.4. The van der Waals surface area contributed by atoms with Crippen LogP contribution >= 0.6 is 0 Å². The van der Waals surface area contributed by atoms with E-state index in [1.165, 1.54) is 0 Å². The summed E-state index contributed by atoms with van der Waals surface area (Å²) in [6.45, 7) is 0.00884. The molecule has 2 heterocycles. The van der Waals surface area contributed by atoms with Gasteiger partial charge < -0.3 is 10.3 Å². The topological polar surface area (TPSA) is 61.0 Å². The van der Waals surface area contributed by atoms with Crippen molar-refractivity contribution in [2.45, 2.75) is 24.9 Å². The summed E-state index contributed by atoms with van der Waals surface area (Å²) in [6.07, 6.45) is -2.55. The predicted molar refractivity (Wildman–Crippen MR) is 83.6 cm³/mol. The lowest BCUT2D eigenvalue weighted by atomic mass is 9.97. The van der Waals surface area contributed by atoms with Gasteiger partial charge in [-0.3, -0.25) is 9.69 Å². The van der Waals surface area contributed by atoms with E-state index in [1.807, 2.05) is 34.5 Å². The van der Waals surface area contributed by atoms with Gasteiger partial charge in [0.15, 0.2) is 0 Å². The molecule has 0 bridgehead atoms. The SMILES string of the molecule is O=C(CN1CCC[C@H](c2nc3ccccc3[nH]2)C1)NCC(F)(F)F. The van der Waals surface area contributed by atoms with Crippen molar-refractivity contribution in [2.75, 3.05) is 26.2 Å². The Hall–Kier alpha value is -2.09. The summed E-state index contributed by atoms with van der Waals surface area (Å²) < 4.78 is 36.4. The van der Waals surface area contributed by atoms with Gasteiger partial charge in [-0.25, -0.2) is 4.98 Å². The molecule has 1 aliphatic heterocycles. The van der Waals surface area contributed by atoms with E-state index in [9.17, 15) is 18.0 Å². The number of rotatable bonds is 4. The number of H-pyrrole nitrogens is 1. The van der Waals surface area contributed by atoms with Crippen molar-refractivity contribution in [1.29, 1.82) is 0 Å². The molecule has 1 aromatic heterocycles. The van der Waals surface area contributed by atoms with Crippen LogP contribution in [0.25, 0.3) is 11.0 Å². The molecule has 8 heteroatoms. The number of alkyl halides is 3. The van der Waals surface area contributed by atoms with E-state index in [2.05, 4.69) is 9.97 Å². The normalized spacial score (nSPS) is 19.5. The number of para-hydroxylation sites is 2. The van der Waals surface area contributed by atoms with Crippen LogP contribution in [-0.4, -0.2) is 53.1 Å². The third-order valence-corrected chi connectivity index (χ3v) is 4.15. The standard InChI is InChI=1S/C16H19F3N4O/c17-16(18,19)10-20-14(24)9-23-7-3-4-11(8-23)15-21-12-5-1-2-6-13(12)22-15/h1-2,5-6,11H,3-4,7-10H2,(H,20,24)(H,21,22)/t11-/m0/s1. The fraction of sp³-hybridized carbons (Fsp3) is 0.500. The number of amides is 1. The number of halogens is 3. The van der Waals surface area contributed by atoms with E-state index >= 15 is 0 Å². The van der Waals surface area contributed by atoms with Gasteiger partial charge >= 0.3 is 6.18 Å². The van der Waals surface area contributed by atoms with E-state index in [1.54, 1.807) is 0 Å². The minimum atomic E-state index is -4.38. The van der Waals surface area contributed by atoms with Gasteiger partial charge in [0.25, 0.3) is 0 Å². The van der Waals surface area contributed by atoms with Crippen LogP contribution in [0.5, 0.6) is 0 Å².